The molecule has 0 amide bonds. The third kappa shape index (κ3) is 10.6. The number of ether oxygens (including phenoxy) is 8. The van der Waals surface area contributed by atoms with Gasteiger partial charge in [0.2, 0.25) is 0 Å². The van der Waals surface area contributed by atoms with Gasteiger partial charge in [-0.25, -0.2) is 4.89 Å². The fourth-order valence-corrected chi connectivity index (χ4v) is 15.4. The predicted octanol–water partition coefficient (Wildman–Crippen LogP) is -1.25. The molecule has 23 nitrogen and oxygen atoms in total. The number of rotatable bonds is 16. The fourth-order valence-electron chi connectivity index (χ4n) is 15.4. The number of carbonyl (C=O) groups is 1. The van der Waals surface area contributed by atoms with Crippen molar-refractivity contribution in [3.8, 4) is 0 Å². The number of fused-ring (bicyclic) bond motifs is 5. The third-order valence-corrected chi connectivity index (χ3v) is 20.0. The van der Waals surface area contributed by atoms with Crippen LogP contribution in [0.4, 0.5) is 0 Å². The van der Waals surface area contributed by atoms with E-state index in [-0.39, 0.29) is 48.7 Å². The second-order valence-electron chi connectivity index (χ2n) is 24.8. The van der Waals surface area contributed by atoms with Crippen LogP contribution < -0.4 is 0 Å². The fraction of sp³-hybridized carbons (Fsp3) is 0.942. The van der Waals surface area contributed by atoms with Crippen LogP contribution in [0.1, 0.15) is 106 Å². The van der Waals surface area contributed by atoms with Gasteiger partial charge in [-0.3, -0.25) is 5.26 Å². The van der Waals surface area contributed by atoms with Gasteiger partial charge in [-0.1, -0.05) is 39.8 Å². The number of aldehydes is 1. The highest BCUT2D eigenvalue weighted by Gasteiger charge is 2.71. The summed E-state index contributed by atoms with van der Waals surface area (Å²) in [6, 6.07) is 0. The summed E-state index contributed by atoms with van der Waals surface area (Å²) >= 11 is 0. The molecule has 27 atom stereocenters. The van der Waals surface area contributed by atoms with E-state index >= 15 is 0 Å². The van der Waals surface area contributed by atoms with E-state index in [4.69, 9.17) is 37.9 Å². The largest absolute Gasteiger partial charge is 0.394 e. The molecule has 8 rings (SSSR count). The summed E-state index contributed by atoms with van der Waals surface area (Å²) in [5, 5.41) is 139. The second kappa shape index (κ2) is 22.5. The first-order chi connectivity index (χ1) is 35.1. The molecule has 8 fully saturated rings. The number of carbonyl (C=O) groups excluding carboxylic acids is 1. The number of aliphatic hydroxyl groups is 12. The van der Waals surface area contributed by atoms with Gasteiger partial charge in [0.1, 0.15) is 91.2 Å². The number of aliphatic hydroxyl groups excluding tert-OH is 11. The van der Waals surface area contributed by atoms with Crippen molar-refractivity contribution < 1.29 is 114 Å². The highest BCUT2D eigenvalue weighted by molar-refractivity contribution is 5.62. The van der Waals surface area contributed by atoms with E-state index in [9.17, 15) is 71.3 Å². The van der Waals surface area contributed by atoms with Crippen molar-refractivity contribution in [2.45, 2.75) is 234 Å². The van der Waals surface area contributed by atoms with Gasteiger partial charge < -0.3 is 104 Å². The summed E-state index contributed by atoms with van der Waals surface area (Å²) in [7, 11) is 0. The van der Waals surface area contributed by atoms with Crippen LogP contribution in [0, 0.1) is 45.3 Å². The molecule has 23 heteroatoms. The molecule has 0 bridgehead atoms. The summed E-state index contributed by atoms with van der Waals surface area (Å²) in [6.07, 6.45) is -18.5. The Bertz CT molecular complexity index is 1960. The van der Waals surface area contributed by atoms with Crippen LogP contribution in [0.3, 0.4) is 0 Å². The maximum absolute atomic E-state index is 14.2. The smallest absolute Gasteiger partial charge is 0.187 e. The van der Waals surface area contributed by atoms with E-state index in [0.717, 1.165) is 12.7 Å². The first kappa shape index (κ1) is 59.6. The minimum Gasteiger partial charge on any atom is -0.394 e. The topological polar surface area (TPSA) is 363 Å². The highest BCUT2D eigenvalue weighted by atomic mass is 17.1. The summed E-state index contributed by atoms with van der Waals surface area (Å²) in [4.78, 5) is 18.8. The van der Waals surface area contributed by atoms with Crippen molar-refractivity contribution in [1.29, 1.82) is 0 Å². The van der Waals surface area contributed by atoms with Gasteiger partial charge in [-0.2, -0.15) is 0 Å². The molecular weight excluding hydrogens is 993 g/mol. The summed E-state index contributed by atoms with van der Waals surface area (Å²) < 4.78 is 48.6. The van der Waals surface area contributed by atoms with E-state index < -0.39 is 157 Å². The van der Waals surface area contributed by atoms with Crippen molar-refractivity contribution in [3.05, 3.63) is 12.2 Å². The molecule has 0 aromatic heterocycles. The van der Waals surface area contributed by atoms with Crippen molar-refractivity contribution in [2.75, 3.05) is 26.4 Å². The first-order valence-electron chi connectivity index (χ1n) is 26.9. The van der Waals surface area contributed by atoms with Gasteiger partial charge in [-0.05, 0) is 118 Å². The number of hydrogen-bond donors (Lipinski definition) is 13. The van der Waals surface area contributed by atoms with Crippen LogP contribution in [-0.4, -0.2) is 227 Å². The molecule has 0 spiro atoms. The minimum atomic E-state index is -1.78. The molecule has 75 heavy (non-hydrogen) atoms. The van der Waals surface area contributed by atoms with Gasteiger partial charge in [-0.15, -0.1) is 0 Å². The zero-order chi connectivity index (χ0) is 55.0. The van der Waals surface area contributed by atoms with Crippen LogP contribution in [0.5, 0.6) is 0 Å². The molecule has 0 radical (unpaired) electrons. The van der Waals surface area contributed by atoms with Crippen molar-refractivity contribution >= 4 is 6.29 Å². The molecule has 4 saturated heterocycles. The number of hydrogen-bond acceptors (Lipinski definition) is 23. The van der Waals surface area contributed by atoms with Gasteiger partial charge in [0.15, 0.2) is 25.2 Å². The van der Waals surface area contributed by atoms with Crippen LogP contribution >= 0.6 is 0 Å². The zero-order valence-electron chi connectivity index (χ0n) is 44.1. The Morgan fingerprint density at radius 3 is 1.95 bits per heavy atom. The average molecular weight is 1080 g/mol. The Morgan fingerprint density at radius 1 is 0.640 bits per heavy atom. The summed E-state index contributed by atoms with van der Waals surface area (Å²) in [6.45, 7) is 11.7. The maximum Gasteiger partial charge on any atom is 0.187 e. The molecule has 4 aliphatic carbocycles. The molecule has 0 unspecified atom stereocenters. The van der Waals surface area contributed by atoms with Crippen molar-refractivity contribution in [2.24, 2.45) is 45.3 Å². The van der Waals surface area contributed by atoms with Crippen LogP contribution in [0.2, 0.25) is 0 Å². The quantitative estimate of drug-likeness (QED) is 0.0282. The van der Waals surface area contributed by atoms with E-state index in [1.54, 1.807) is 26.0 Å². The van der Waals surface area contributed by atoms with Crippen molar-refractivity contribution in [1.82, 2.24) is 0 Å². The lowest BCUT2D eigenvalue weighted by molar-refractivity contribution is -0.383. The molecule has 4 aliphatic heterocycles. The van der Waals surface area contributed by atoms with E-state index in [1.165, 1.54) is 6.92 Å². The average Bonchev–Trinajstić information content (AvgIpc) is 3.75. The van der Waals surface area contributed by atoms with Gasteiger partial charge >= 0.3 is 0 Å². The Labute approximate surface area is 437 Å². The Kier molecular flexibility index (Phi) is 17.9. The summed E-state index contributed by atoms with van der Waals surface area (Å²) in [5.41, 5.74) is -4.97. The minimum absolute atomic E-state index is 0.0506. The van der Waals surface area contributed by atoms with Gasteiger partial charge in [0.25, 0.3) is 0 Å². The molecule has 0 aromatic rings. The van der Waals surface area contributed by atoms with Crippen LogP contribution in [0.15, 0.2) is 12.2 Å². The maximum atomic E-state index is 14.2. The van der Waals surface area contributed by atoms with Gasteiger partial charge in [0.05, 0.1) is 44.2 Å². The highest BCUT2D eigenvalue weighted by Crippen LogP contribution is 2.75. The lowest BCUT2D eigenvalue weighted by Crippen LogP contribution is -2.67. The van der Waals surface area contributed by atoms with E-state index in [0.29, 0.717) is 44.9 Å². The zero-order valence-corrected chi connectivity index (χ0v) is 44.1. The Morgan fingerprint density at radius 2 is 1.27 bits per heavy atom. The van der Waals surface area contributed by atoms with Crippen molar-refractivity contribution in [3.63, 3.8) is 0 Å². The van der Waals surface area contributed by atoms with E-state index in [2.05, 4.69) is 32.6 Å². The molecule has 0 aromatic carbocycles. The predicted molar refractivity (Wildman–Crippen MR) is 256 cm³/mol. The lowest BCUT2D eigenvalue weighted by atomic mass is 9.35. The van der Waals surface area contributed by atoms with E-state index in [1.807, 2.05) is 0 Å². The monoisotopic (exact) mass is 1080 g/mol. The normalized spacial score (nSPS) is 51.1. The Hall–Kier alpha value is -1.47. The molecule has 432 valence electrons. The van der Waals surface area contributed by atoms with Crippen LogP contribution in [0.25, 0.3) is 0 Å². The SMILES string of the molecule is C[C@@H]1O[C@@H](O[C@H]2[C@H](O[C@H]3CC[C@]4(C=O)[C@H]5CC[C@@H]6[C@@H]([C@@](O)(C/C=C/C(C)(C)OO)CO[C@@H]7O[C@H](CO)[C@@H](O)[C@H](O)[C@H]7O)CC[C@@]6(C)[C@]5(C)CC[C@H]4C3(C)C)OC[C@H](O)[C@@H]2O[C@@H]2OC[C@@H](O)[C@H](O)[C@H]2O)[C@H](O)[C@H](O)[C@H]1O. The second-order valence-corrected chi connectivity index (χ2v) is 24.8. The molecule has 4 heterocycles. The first-order valence-corrected chi connectivity index (χ1v) is 26.9. The molecule has 13 N–H and O–H groups in total. The summed E-state index contributed by atoms with van der Waals surface area (Å²) in [5.74, 6) is -0.717. The Balaban J connectivity index is 1.03. The molecular formula is C52H86O23. The molecule has 8 aliphatic rings. The molecule has 4 saturated carbocycles. The third-order valence-electron chi connectivity index (χ3n) is 20.0. The van der Waals surface area contributed by atoms with Crippen LogP contribution in [-0.2, 0) is 47.6 Å². The lowest BCUT2D eigenvalue weighted by Gasteiger charge is -2.69. The van der Waals surface area contributed by atoms with Gasteiger partial charge in [0, 0.05) is 5.41 Å². The standard InChI is InChI=1S/C52H86O23/c1-24-33(57)36(60)40(64)45(70-24)74-42-41(73-43-38(62)34(58)27(55)20-67-43)28(56)21-68-46(42)72-32-13-18-51(22-54)30(48(32,4)5)12-17-50(7)31(51)10-9-25-26(11-16-49(25,50)6)52(65,15-8-14-47(2,3)75-66)23-69-44-39(63)37(61)35(59)29(19-53)71-44/h8,14,22,24-46,53,55-66H,9-13,15-21,23H2,1-7H3/b14-8+/t24-,25+,26-,27+,28-,29+,30-,31-,32-,33-,34-,35+,36+,37-,38+,39+,40+,41-,42+,43-,44+,45-,46-,49+,50+,51+,52+/m0/s1.